The zero-order chi connectivity index (χ0) is 19.1. The van der Waals surface area contributed by atoms with Crippen molar-refractivity contribution in [2.45, 2.75) is 45.4 Å². The van der Waals surface area contributed by atoms with Crippen LogP contribution in [0.15, 0.2) is 18.2 Å². The molecule has 0 radical (unpaired) electrons. The first kappa shape index (κ1) is 20.0. The van der Waals surface area contributed by atoms with Crippen LogP contribution in [-0.2, 0) is 17.6 Å². The summed E-state index contributed by atoms with van der Waals surface area (Å²) in [7, 11) is 0. The summed E-state index contributed by atoms with van der Waals surface area (Å²) in [5, 5.41) is 23.6. The Labute approximate surface area is 152 Å². The fourth-order valence-corrected chi connectivity index (χ4v) is 3.15. The average Bonchev–Trinajstić information content (AvgIpc) is 3.11. The highest BCUT2D eigenvalue weighted by molar-refractivity contribution is 5.71. The molecule has 0 fully saturated rings. The zero-order valence-electron chi connectivity index (χ0n) is 15.2. The number of rotatable bonds is 10. The van der Waals surface area contributed by atoms with Gasteiger partial charge in [-0.3, -0.25) is 4.79 Å². The van der Waals surface area contributed by atoms with Gasteiger partial charge in [-0.05, 0) is 55.3 Å². The minimum absolute atomic E-state index is 0.195. The number of halogens is 1. The lowest BCUT2D eigenvalue weighted by atomic mass is 9.81. The van der Waals surface area contributed by atoms with E-state index < -0.39 is 17.8 Å². The van der Waals surface area contributed by atoms with Crippen molar-refractivity contribution in [3.63, 3.8) is 0 Å². The van der Waals surface area contributed by atoms with Crippen LogP contribution in [-0.4, -0.2) is 38.2 Å². The largest absolute Gasteiger partial charge is 0.481 e. The molecular formula is C18H26FN5O2. The summed E-state index contributed by atoms with van der Waals surface area (Å²) in [4.78, 5) is 11.8. The topological polar surface area (TPSA) is 118 Å². The SMILES string of the molecule is CC(C)CC(C(=O)O)C(Cc1ccc(CCCN)c(F)c1)c1nn[nH]n1. The molecular weight excluding hydrogens is 337 g/mol. The molecule has 0 bridgehead atoms. The van der Waals surface area contributed by atoms with E-state index in [1.807, 2.05) is 19.9 Å². The van der Waals surface area contributed by atoms with Crippen LogP contribution in [0.4, 0.5) is 4.39 Å². The maximum atomic E-state index is 14.3. The summed E-state index contributed by atoms with van der Waals surface area (Å²) in [5.41, 5.74) is 6.81. The molecule has 1 heterocycles. The average molecular weight is 363 g/mol. The number of carboxylic acids is 1. The second-order valence-electron chi connectivity index (χ2n) is 6.97. The van der Waals surface area contributed by atoms with Gasteiger partial charge in [-0.15, -0.1) is 10.2 Å². The molecule has 0 aliphatic rings. The molecule has 4 N–H and O–H groups in total. The van der Waals surface area contributed by atoms with Gasteiger partial charge >= 0.3 is 5.97 Å². The van der Waals surface area contributed by atoms with Crippen molar-refractivity contribution < 1.29 is 14.3 Å². The standard InChI is InChI=1S/C18H26FN5O2/c1-11(2)8-15(18(25)26)14(17-21-23-24-22-17)9-12-5-6-13(4-3-7-20)16(19)10-12/h5-6,10-11,14-15H,3-4,7-9,20H2,1-2H3,(H,25,26)(H,21,22,23,24). The van der Waals surface area contributed by atoms with E-state index in [1.54, 1.807) is 6.07 Å². The minimum atomic E-state index is -0.909. The molecule has 26 heavy (non-hydrogen) atoms. The van der Waals surface area contributed by atoms with Gasteiger partial charge in [-0.25, -0.2) is 4.39 Å². The summed E-state index contributed by atoms with van der Waals surface area (Å²) in [5.74, 6) is -1.82. The molecule has 2 unspecified atom stereocenters. The molecule has 2 atom stereocenters. The fourth-order valence-electron chi connectivity index (χ4n) is 3.15. The van der Waals surface area contributed by atoms with Crippen molar-refractivity contribution in [1.29, 1.82) is 0 Å². The lowest BCUT2D eigenvalue weighted by molar-refractivity contribution is -0.143. The van der Waals surface area contributed by atoms with Gasteiger partial charge in [0.1, 0.15) is 5.82 Å². The van der Waals surface area contributed by atoms with E-state index in [0.717, 1.165) is 6.42 Å². The number of nitrogens with zero attached hydrogens (tertiary/aromatic N) is 3. The van der Waals surface area contributed by atoms with E-state index in [0.29, 0.717) is 42.8 Å². The highest BCUT2D eigenvalue weighted by atomic mass is 19.1. The minimum Gasteiger partial charge on any atom is -0.481 e. The first-order valence-corrected chi connectivity index (χ1v) is 8.85. The first-order valence-electron chi connectivity index (χ1n) is 8.85. The van der Waals surface area contributed by atoms with Crippen LogP contribution in [0.2, 0.25) is 0 Å². The van der Waals surface area contributed by atoms with Gasteiger partial charge in [0.15, 0.2) is 5.82 Å². The number of hydrogen-bond donors (Lipinski definition) is 3. The van der Waals surface area contributed by atoms with Crippen LogP contribution in [0.1, 0.15) is 49.6 Å². The molecule has 0 aliphatic heterocycles. The van der Waals surface area contributed by atoms with Gasteiger partial charge in [-0.1, -0.05) is 31.2 Å². The van der Waals surface area contributed by atoms with E-state index in [9.17, 15) is 14.3 Å². The normalized spacial score (nSPS) is 13.7. The number of nitrogens with two attached hydrogens (primary N) is 1. The molecule has 0 aliphatic carbocycles. The molecule has 0 saturated heterocycles. The Bertz CT molecular complexity index is 706. The molecule has 2 rings (SSSR count). The number of carboxylic acid groups (broad SMARTS) is 1. The van der Waals surface area contributed by atoms with Crippen molar-refractivity contribution in [2.24, 2.45) is 17.6 Å². The van der Waals surface area contributed by atoms with Crippen molar-refractivity contribution in [3.8, 4) is 0 Å². The highest BCUT2D eigenvalue weighted by Crippen LogP contribution is 2.31. The van der Waals surface area contributed by atoms with Gasteiger partial charge < -0.3 is 10.8 Å². The number of tetrazole rings is 1. The summed E-state index contributed by atoms with van der Waals surface area (Å²) < 4.78 is 14.3. The van der Waals surface area contributed by atoms with Gasteiger partial charge in [0.2, 0.25) is 0 Å². The monoisotopic (exact) mass is 363 g/mol. The fraction of sp³-hybridized carbons (Fsp3) is 0.556. The number of aryl methyl sites for hydroxylation is 1. The number of aromatic amines is 1. The first-order chi connectivity index (χ1) is 12.4. The Kier molecular flexibility index (Phi) is 7.20. The molecule has 0 spiro atoms. The number of aliphatic carboxylic acids is 1. The molecule has 7 nitrogen and oxygen atoms in total. The van der Waals surface area contributed by atoms with Gasteiger partial charge in [-0.2, -0.15) is 5.21 Å². The third-order valence-corrected chi connectivity index (χ3v) is 4.44. The van der Waals surface area contributed by atoms with Crippen molar-refractivity contribution >= 4 is 5.97 Å². The highest BCUT2D eigenvalue weighted by Gasteiger charge is 2.33. The molecule has 1 aromatic carbocycles. The van der Waals surface area contributed by atoms with Gasteiger partial charge in [0.05, 0.1) is 5.92 Å². The summed E-state index contributed by atoms with van der Waals surface area (Å²) in [6.45, 7) is 4.45. The van der Waals surface area contributed by atoms with E-state index in [4.69, 9.17) is 5.73 Å². The Morgan fingerprint density at radius 3 is 2.69 bits per heavy atom. The van der Waals surface area contributed by atoms with Gasteiger partial charge in [0, 0.05) is 5.92 Å². The number of aromatic nitrogens is 4. The van der Waals surface area contributed by atoms with E-state index in [-0.39, 0.29) is 11.7 Å². The van der Waals surface area contributed by atoms with Crippen LogP contribution in [0.3, 0.4) is 0 Å². The number of carbonyl (C=O) groups is 1. The van der Waals surface area contributed by atoms with E-state index in [2.05, 4.69) is 20.6 Å². The molecule has 142 valence electrons. The van der Waals surface area contributed by atoms with Gasteiger partial charge in [0.25, 0.3) is 0 Å². The van der Waals surface area contributed by atoms with E-state index >= 15 is 0 Å². The van der Waals surface area contributed by atoms with E-state index in [1.165, 1.54) is 6.07 Å². The molecule has 8 heteroatoms. The number of hydrogen-bond acceptors (Lipinski definition) is 5. The van der Waals surface area contributed by atoms with Crippen LogP contribution < -0.4 is 5.73 Å². The lowest BCUT2D eigenvalue weighted by Gasteiger charge is -2.23. The Hall–Kier alpha value is -2.35. The third kappa shape index (κ3) is 5.32. The maximum Gasteiger partial charge on any atom is 0.307 e. The van der Waals surface area contributed by atoms with Crippen molar-refractivity contribution in [1.82, 2.24) is 20.6 Å². The third-order valence-electron chi connectivity index (χ3n) is 4.44. The molecule has 1 aromatic heterocycles. The summed E-state index contributed by atoms with van der Waals surface area (Å²) in [6.07, 6.45) is 2.11. The van der Waals surface area contributed by atoms with Crippen LogP contribution in [0.5, 0.6) is 0 Å². The number of H-pyrrole nitrogens is 1. The molecule has 0 amide bonds. The van der Waals surface area contributed by atoms with Crippen LogP contribution >= 0.6 is 0 Å². The van der Waals surface area contributed by atoms with Crippen LogP contribution in [0, 0.1) is 17.7 Å². The van der Waals surface area contributed by atoms with Crippen molar-refractivity contribution in [2.75, 3.05) is 6.54 Å². The Balaban J connectivity index is 2.27. The zero-order valence-corrected chi connectivity index (χ0v) is 15.2. The molecule has 2 aromatic rings. The predicted molar refractivity (Wildman–Crippen MR) is 95.0 cm³/mol. The van der Waals surface area contributed by atoms with Crippen molar-refractivity contribution in [3.05, 3.63) is 41.0 Å². The second-order valence-corrected chi connectivity index (χ2v) is 6.97. The quantitative estimate of drug-likeness (QED) is 0.596. The molecule has 0 saturated carbocycles. The number of nitrogens with one attached hydrogen (secondary N) is 1. The summed E-state index contributed by atoms with van der Waals surface area (Å²) >= 11 is 0. The number of benzene rings is 1. The Morgan fingerprint density at radius 2 is 2.15 bits per heavy atom. The predicted octanol–water partition coefficient (Wildman–Crippen LogP) is 2.30. The maximum absolute atomic E-state index is 14.3. The van der Waals surface area contributed by atoms with Crippen LogP contribution in [0.25, 0.3) is 0 Å². The lowest BCUT2D eigenvalue weighted by Crippen LogP contribution is -2.26. The summed E-state index contributed by atoms with van der Waals surface area (Å²) in [6, 6.07) is 5.04. The smallest absolute Gasteiger partial charge is 0.307 e. The Morgan fingerprint density at radius 1 is 1.38 bits per heavy atom. The second kappa shape index (κ2) is 9.38.